The SMILES string of the molecule is COc1ccc(/C=C2/N=C(c3ccco3)NC2=O)cc1Cl. The molecule has 0 atom stereocenters. The van der Waals surface area contributed by atoms with Gasteiger partial charge in [0.1, 0.15) is 11.4 Å². The van der Waals surface area contributed by atoms with E-state index in [2.05, 4.69) is 10.3 Å². The Morgan fingerprint density at radius 3 is 2.90 bits per heavy atom. The van der Waals surface area contributed by atoms with Crippen LogP contribution in [0.1, 0.15) is 11.3 Å². The molecule has 0 fully saturated rings. The Hall–Kier alpha value is -2.53. The molecule has 0 spiro atoms. The number of methoxy groups -OCH3 is 1. The van der Waals surface area contributed by atoms with E-state index < -0.39 is 0 Å². The van der Waals surface area contributed by atoms with Crippen molar-refractivity contribution < 1.29 is 13.9 Å². The van der Waals surface area contributed by atoms with Gasteiger partial charge in [0.05, 0.1) is 18.4 Å². The molecule has 0 saturated carbocycles. The van der Waals surface area contributed by atoms with Crippen LogP contribution in [-0.2, 0) is 4.79 Å². The van der Waals surface area contributed by atoms with Gasteiger partial charge in [-0.05, 0) is 35.9 Å². The van der Waals surface area contributed by atoms with Crippen LogP contribution in [0.2, 0.25) is 5.02 Å². The van der Waals surface area contributed by atoms with Crippen LogP contribution in [0, 0.1) is 0 Å². The first-order valence-corrected chi connectivity index (χ1v) is 6.54. The van der Waals surface area contributed by atoms with Crippen LogP contribution in [0.4, 0.5) is 0 Å². The Kier molecular flexibility index (Phi) is 3.50. The number of aliphatic imine (C=N–C) groups is 1. The first-order valence-electron chi connectivity index (χ1n) is 6.16. The maximum Gasteiger partial charge on any atom is 0.275 e. The molecule has 0 aliphatic carbocycles. The number of carbonyl (C=O) groups is 1. The number of hydrogen-bond acceptors (Lipinski definition) is 4. The fraction of sp³-hybridized carbons (Fsp3) is 0.0667. The average molecular weight is 303 g/mol. The summed E-state index contributed by atoms with van der Waals surface area (Å²) in [6, 6.07) is 8.70. The summed E-state index contributed by atoms with van der Waals surface area (Å²) >= 11 is 6.06. The molecule has 1 aliphatic rings. The Morgan fingerprint density at radius 2 is 2.24 bits per heavy atom. The average Bonchev–Trinajstić information content (AvgIpc) is 3.10. The van der Waals surface area contributed by atoms with Crippen LogP contribution in [0.3, 0.4) is 0 Å². The largest absolute Gasteiger partial charge is 0.495 e. The summed E-state index contributed by atoms with van der Waals surface area (Å²) in [7, 11) is 1.55. The third-order valence-corrected chi connectivity index (χ3v) is 3.23. The summed E-state index contributed by atoms with van der Waals surface area (Å²) in [5.41, 5.74) is 1.05. The molecule has 1 aromatic heterocycles. The fourth-order valence-corrected chi connectivity index (χ4v) is 2.19. The van der Waals surface area contributed by atoms with Gasteiger partial charge in [-0.2, -0.15) is 0 Å². The first kappa shape index (κ1) is 13.5. The number of nitrogens with zero attached hydrogens (tertiary/aromatic N) is 1. The van der Waals surface area contributed by atoms with Crippen molar-refractivity contribution in [3.05, 3.63) is 58.6 Å². The minimum atomic E-state index is -0.284. The predicted octanol–water partition coefficient (Wildman–Crippen LogP) is 2.86. The summed E-state index contributed by atoms with van der Waals surface area (Å²) in [5, 5.41) is 3.13. The second kappa shape index (κ2) is 5.46. The van der Waals surface area contributed by atoms with Crippen molar-refractivity contribution in [2.24, 2.45) is 4.99 Å². The lowest BCUT2D eigenvalue weighted by Gasteiger charge is -2.03. The summed E-state index contributed by atoms with van der Waals surface area (Å²) in [6.07, 6.45) is 3.17. The zero-order chi connectivity index (χ0) is 14.8. The summed E-state index contributed by atoms with van der Waals surface area (Å²) < 4.78 is 10.3. The van der Waals surface area contributed by atoms with E-state index in [0.717, 1.165) is 5.56 Å². The van der Waals surface area contributed by atoms with E-state index in [1.165, 1.54) is 6.26 Å². The third-order valence-electron chi connectivity index (χ3n) is 2.93. The van der Waals surface area contributed by atoms with Gasteiger partial charge in [-0.15, -0.1) is 0 Å². The van der Waals surface area contributed by atoms with Crippen LogP contribution in [-0.4, -0.2) is 18.9 Å². The fourth-order valence-electron chi connectivity index (χ4n) is 1.93. The van der Waals surface area contributed by atoms with Gasteiger partial charge in [0.15, 0.2) is 11.6 Å². The number of amides is 1. The van der Waals surface area contributed by atoms with E-state index >= 15 is 0 Å². The van der Waals surface area contributed by atoms with Gasteiger partial charge in [0, 0.05) is 0 Å². The summed E-state index contributed by atoms with van der Waals surface area (Å²) in [5.74, 6) is 1.21. The molecule has 21 heavy (non-hydrogen) atoms. The van der Waals surface area contributed by atoms with Crippen LogP contribution < -0.4 is 10.1 Å². The molecule has 2 aromatic rings. The molecule has 0 saturated heterocycles. The Morgan fingerprint density at radius 1 is 1.38 bits per heavy atom. The number of carbonyl (C=O) groups excluding carboxylic acids is 1. The molecule has 2 heterocycles. The monoisotopic (exact) mass is 302 g/mol. The highest BCUT2D eigenvalue weighted by molar-refractivity contribution is 6.32. The summed E-state index contributed by atoms with van der Waals surface area (Å²) in [6.45, 7) is 0. The number of halogens is 1. The minimum absolute atomic E-state index is 0.284. The first-order chi connectivity index (χ1) is 10.2. The van der Waals surface area contributed by atoms with E-state index in [0.29, 0.717) is 28.1 Å². The van der Waals surface area contributed by atoms with Gasteiger partial charge in [-0.1, -0.05) is 17.7 Å². The molecule has 5 nitrogen and oxygen atoms in total. The van der Waals surface area contributed by atoms with Crippen LogP contribution in [0.5, 0.6) is 5.75 Å². The molecule has 3 rings (SSSR count). The van der Waals surface area contributed by atoms with E-state index in [4.69, 9.17) is 20.8 Å². The number of ether oxygens (including phenoxy) is 1. The maximum atomic E-state index is 11.9. The van der Waals surface area contributed by atoms with Crippen molar-refractivity contribution in [1.82, 2.24) is 5.32 Å². The van der Waals surface area contributed by atoms with Gasteiger partial charge in [-0.25, -0.2) is 4.99 Å². The number of benzene rings is 1. The van der Waals surface area contributed by atoms with E-state index in [9.17, 15) is 4.79 Å². The molecule has 1 amide bonds. The van der Waals surface area contributed by atoms with Crippen LogP contribution in [0.25, 0.3) is 6.08 Å². The Labute approximate surface area is 125 Å². The molecule has 106 valence electrons. The van der Waals surface area contributed by atoms with Crippen molar-refractivity contribution in [3.63, 3.8) is 0 Å². The Bertz CT molecular complexity index is 748. The maximum absolute atomic E-state index is 11.9. The predicted molar refractivity (Wildman–Crippen MR) is 79.4 cm³/mol. The van der Waals surface area contributed by atoms with Gasteiger partial charge in [-0.3, -0.25) is 4.79 Å². The quantitative estimate of drug-likeness (QED) is 0.887. The highest BCUT2D eigenvalue weighted by atomic mass is 35.5. The number of amidine groups is 1. The lowest BCUT2D eigenvalue weighted by atomic mass is 10.2. The standard InChI is InChI=1S/C15H11ClN2O3/c1-20-12-5-4-9(7-10(12)16)8-11-15(19)18-14(17-11)13-3-2-6-21-13/h2-8H,1H3,(H,17,18,19)/b11-8+. The van der Waals surface area contributed by atoms with Gasteiger partial charge < -0.3 is 14.5 Å². The zero-order valence-electron chi connectivity index (χ0n) is 11.1. The molecule has 0 bridgehead atoms. The van der Waals surface area contributed by atoms with Crippen molar-refractivity contribution >= 4 is 29.4 Å². The van der Waals surface area contributed by atoms with Gasteiger partial charge in [0.2, 0.25) is 0 Å². The number of rotatable bonds is 3. The zero-order valence-corrected chi connectivity index (χ0v) is 11.8. The van der Waals surface area contributed by atoms with Crippen molar-refractivity contribution in [1.29, 1.82) is 0 Å². The lowest BCUT2D eigenvalue weighted by molar-refractivity contribution is -0.115. The van der Waals surface area contributed by atoms with E-state index in [-0.39, 0.29) is 5.91 Å². The minimum Gasteiger partial charge on any atom is -0.495 e. The molecule has 6 heteroatoms. The normalized spacial score (nSPS) is 16.0. The molecule has 1 aliphatic heterocycles. The molecule has 1 N–H and O–H groups in total. The van der Waals surface area contributed by atoms with Crippen LogP contribution >= 0.6 is 11.6 Å². The van der Waals surface area contributed by atoms with Gasteiger partial charge in [0.25, 0.3) is 5.91 Å². The van der Waals surface area contributed by atoms with Crippen molar-refractivity contribution in [3.8, 4) is 5.75 Å². The number of nitrogens with one attached hydrogen (secondary N) is 1. The lowest BCUT2D eigenvalue weighted by Crippen LogP contribution is -2.24. The van der Waals surface area contributed by atoms with E-state index in [1.807, 2.05) is 0 Å². The summed E-state index contributed by atoms with van der Waals surface area (Å²) in [4.78, 5) is 16.1. The third kappa shape index (κ3) is 2.68. The van der Waals surface area contributed by atoms with E-state index in [1.54, 1.807) is 43.5 Å². The second-order valence-corrected chi connectivity index (χ2v) is 4.72. The molecule has 1 aromatic carbocycles. The van der Waals surface area contributed by atoms with Crippen LogP contribution in [0.15, 0.2) is 51.7 Å². The number of hydrogen-bond donors (Lipinski definition) is 1. The highest BCUT2D eigenvalue weighted by Crippen LogP contribution is 2.26. The highest BCUT2D eigenvalue weighted by Gasteiger charge is 2.22. The van der Waals surface area contributed by atoms with Crippen molar-refractivity contribution in [2.45, 2.75) is 0 Å². The molecular formula is C15H11ClN2O3. The topological polar surface area (TPSA) is 63.8 Å². The number of furan rings is 1. The van der Waals surface area contributed by atoms with Crippen molar-refractivity contribution in [2.75, 3.05) is 7.11 Å². The molecule has 0 unspecified atom stereocenters. The van der Waals surface area contributed by atoms with Gasteiger partial charge >= 0.3 is 0 Å². The smallest absolute Gasteiger partial charge is 0.275 e. The molecular weight excluding hydrogens is 292 g/mol. The molecule has 0 radical (unpaired) electrons. The second-order valence-electron chi connectivity index (χ2n) is 4.32. The Balaban J connectivity index is 1.92.